The molecule has 0 saturated carbocycles. The molecular formula is C53H41N3. The molecule has 1 aliphatic heterocycles. The van der Waals surface area contributed by atoms with Gasteiger partial charge in [0.05, 0.1) is 17.1 Å². The molecule has 2 heterocycles. The van der Waals surface area contributed by atoms with Gasteiger partial charge in [0, 0.05) is 22.4 Å². The van der Waals surface area contributed by atoms with Gasteiger partial charge < -0.3 is 5.32 Å². The first-order valence-electron chi connectivity index (χ1n) is 19.6. The highest BCUT2D eigenvalue weighted by Crippen LogP contribution is 2.45. The predicted octanol–water partition coefficient (Wildman–Crippen LogP) is 13.0. The van der Waals surface area contributed by atoms with Crippen LogP contribution in [0, 0.1) is 0 Å². The van der Waals surface area contributed by atoms with E-state index in [1.807, 2.05) is 0 Å². The van der Waals surface area contributed by atoms with E-state index < -0.39 is 0 Å². The van der Waals surface area contributed by atoms with Crippen molar-refractivity contribution in [2.24, 2.45) is 4.99 Å². The predicted molar refractivity (Wildman–Crippen MR) is 234 cm³/mol. The molecule has 1 unspecified atom stereocenters. The Morgan fingerprint density at radius 1 is 0.571 bits per heavy atom. The summed E-state index contributed by atoms with van der Waals surface area (Å²) in [6.45, 7) is 0. The molecule has 7 aromatic carbocycles. The Morgan fingerprint density at radius 2 is 1.21 bits per heavy atom. The van der Waals surface area contributed by atoms with Crippen molar-refractivity contribution in [1.29, 1.82) is 0 Å². The summed E-state index contributed by atoms with van der Waals surface area (Å²) in [5.74, 6) is 0.760. The molecule has 2 aliphatic rings. The Labute approximate surface area is 328 Å². The zero-order chi connectivity index (χ0) is 37.3. The number of nitrogens with one attached hydrogen (secondary N) is 1. The number of hydrogen-bond acceptors (Lipinski definition) is 2. The number of allylic oxidation sites excluding steroid dienone is 3. The van der Waals surface area contributed by atoms with E-state index in [1.165, 1.54) is 55.3 Å². The summed E-state index contributed by atoms with van der Waals surface area (Å²) >= 11 is 0. The third-order valence-corrected chi connectivity index (χ3v) is 11.2. The van der Waals surface area contributed by atoms with Gasteiger partial charge >= 0.3 is 0 Å². The van der Waals surface area contributed by atoms with Gasteiger partial charge in [0.1, 0.15) is 0 Å². The second-order valence-electron chi connectivity index (χ2n) is 14.6. The molecule has 0 fully saturated rings. The van der Waals surface area contributed by atoms with Crippen LogP contribution < -0.4 is 5.32 Å². The monoisotopic (exact) mass is 719 g/mol. The Morgan fingerprint density at radius 3 is 1.91 bits per heavy atom. The molecule has 0 amide bonds. The smallest absolute Gasteiger partial charge is 0.208 e. The van der Waals surface area contributed by atoms with E-state index in [-0.39, 0.29) is 12.0 Å². The molecule has 1 aliphatic carbocycles. The van der Waals surface area contributed by atoms with Gasteiger partial charge in [-0.05, 0) is 81.1 Å². The molecule has 268 valence electrons. The van der Waals surface area contributed by atoms with Gasteiger partial charge in [0.25, 0.3) is 0 Å². The second kappa shape index (κ2) is 14.7. The van der Waals surface area contributed by atoms with Gasteiger partial charge in [0.15, 0.2) is 0 Å². The van der Waals surface area contributed by atoms with Gasteiger partial charge in [-0.1, -0.05) is 188 Å². The fourth-order valence-electron chi connectivity index (χ4n) is 8.60. The molecule has 0 spiro atoms. The summed E-state index contributed by atoms with van der Waals surface area (Å²) in [6.07, 6.45) is 11.3. The Balaban J connectivity index is 1.28. The average Bonchev–Trinajstić information content (AvgIpc) is 3.63. The number of fused-ring (bicyclic) bond motifs is 3. The lowest BCUT2D eigenvalue weighted by molar-refractivity contribution is 0.825. The van der Waals surface area contributed by atoms with Crippen LogP contribution >= 0.6 is 0 Å². The van der Waals surface area contributed by atoms with Crippen LogP contribution in [0.4, 0.5) is 0 Å². The maximum atomic E-state index is 5.66. The lowest BCUT2D eigenvalue weighted by Crippen LogP contribution is -2.34. The maximum absolute atomic E-state index is 5.66. The highest BCUT2D eigenvalue weighted by Gasteiger charge is 2.30. The van der Waals surface area contributed by atoms with E-state index in [2.05, 4.69) is 216 Å². The molecule has 0 saturated heterocycles. The van der Waals surface area contributed by atoms with E-state index in [0.717, 1.165) is 41.1 Å². The van der Waals surface area contributed by atoms with Crippen LogP contribution in [-0.4, -0.2) is 10.5 Å². The van der Waals surface area contributed by atoms with E-state index >= 15 is 0 Å². The van der Waals surface area contributed by atoms with Crippen molar-refractivity contribution >= 4 is 27.8 Å². The van der Waals surface area contributed by atoms with Crippen LogP contribution in [0.3, 0.4) is 0 Å². The van der Waals surface area contributed by atoms with E-state index in [0.29, 0.717) is 0 Å². The van der Waals surface area contributed by atoms with E-state index in [1.54, 1.807) is 0 Å². The van der Waals surface area contributed by atoms with Crippen LogP contribution in [0.15, 0.2) is 223 Å². The Kier molecular flexibility index (Phi) is 8.81. The number of benzene rings is 7. The van der Waals surface area contributed by atoms with Crippen molar-refractivity contribution in [3.63, 3.8) is 0 Å². The Bertz CT molecular complexity index is 2770. The summed E-state index contributed by atoms with van der Waals surface area (Å²) in [5.41, 5.74) is 14.2. The van der Waals surface area contributed by atoms with Gasteiger partial charge in [0.2, 0.25) is 5.96 Å². The summed E-state index contributed by atoms with van der Waals surface area (Å²) in [5, 5.41) is 6.31. The number of aliphatic imine (C=N–C) groups is 1. The zero-order valence-electron chi connectivity index (χ0n) is 31.1. The standard InChI is InChI=1S/C53H41N3/c1-6-19-37(20-7-1)42-29-18-30-43(35-42)48-36-47(39-23-10-3-11-24-39)54-53(55-48)56-49-32-17-16-31-45(49)46-34-33-44(38-21-8-2-9-22-38)51(52(46)56)50(40-25-12-4-13-26-40)41-27-14-5-15-28-41/h1-2,4-10,12-36,48,50H,3,11H2,(H,54,55). The van der Waals surface area contributed by atoms with Crippen molar-refractivity contribution in [3.8, 4) is 22.3 Å². The van der Waals surface area contributed by atoms with Gasteiger partial charge in [-0.25, -0.2) is 4.99 Å². The van der Waals surface area contributed by atoms with Crippen molar-refractivity contribution < 1.29 is 0 Å². The van der Waals surface area contributed by atoms with Crippen LogP contribution in [0.1, 0.15) is 47.1 Å². The van der Waals surface area contributed by atoms with Crippen molar-refractivity contribution in [2.45, 2.75) is 24.8 Å². The normalized spacial score (nSPS) is 15.4. The molecule has 3 heteroatoms. The van der Waals surface area contributed by atoms with Crippen LogP contribution in [0.2, 0.25) is 0 Å². The number of rotatable bonds is 7. The molecule has 10 rings (SSSR count). The lowest BCUT2D eigenvalue weighted by atomic mass is 9.80. The molecule has 0 radical (unpaired) electrons. The van der Waals surface area contributed by atoms with Gasteiger partial charge in [-0.15, -0.1) is 0 Å². The SMILES string of the molecule is C1=CC(C2=CC(c3cccc(-c4ccccc4)c3)N=C(n3c4ccccc4c4ccc(-c5ccccc5)c(C(c5ccccc5)c5ccccc5)c43)N2)=CCC1. The maximum Gasteiger partial charge on any atom is 0.208 e. The molecule has 1 aromatic heterocycles. The summed E-state index contributed by atoms with van der Waals surface area (Å²) in [4.78, 5) is 5.66. The minimum atomic E-state index is -0.211. The summed E-state index contributed by atoms with van der Waals surface area (Å²) in [6, 6.07) is 65.5. The van der Waals surface area contributed by atoms with Gasteiger partial charge in [-0.2, -0.15) is 0 Å². The summed E-state index contributed by atoms with van der Waals surface area (Å²) in [7, 11) is 0. The number of hydrogen-bond donors (Lipinski definition) is 1. The minimum absolute atomic E-state index is 0.0547. The topological polar surface area (TPSA) is 29.3 Å². The highest BCUT2D eigenvalue weighted by molar-refractivity contribution is 6.16. The first kappa shape index (κ1) is 33.6. The molecule has 56 heavy (non-hydrogen) atoms. The van der Waals surface area contributed by atoms with Gasteiger partial charge in [-0.3, -0.25) is 4.57 Å². The first-order chi connectivity index (χ1) is 27.8. The van der Waals surface area contributed by atoms with Crippen molar-refractivity contribution in [1.82, 2.24) is 9.88 Å². The molecule has 3 nitrogen and oxygen atoms in total. The third kappa shape index (κ3) is 6.18. The first-order valence-corrected chi connectivity index (χ1v) is 19.6. The van der Waals surface area contributed by atoms with Crippen molar-refractivity contribution in [3.05, 3.63) is 240 Å². The van der Waals surface area contributed by atoms with Crippen LogP contribution in [0.5, 0.6) is 0 Å². The lowest BCUT2D eigenvalue weighted by Gasteiger charge is -2.28. The number of para-hydroxylation sites is 1. The molecule has 1 atom stereocenters. The summed E-state index contributed by atoms with van der Waals surface area (Å²) < 4.78 is 2.42. The number of nitrogens with zero attached hydrogens (tertiary/aromatic N) is 2. The second-order valence-corrected chi connectivity index (χ2v) is 14.6. The molecule has 1 N–H and O–H groups in total. The van der Waals surface area contributed by atoms with E-state index in [9.17, 15) is 0 Å². The van der Waals surface area contributed by atoms with E-state index in [4.69, 9.17) is 4.99 Å². The molecule has 8 aromatic rings. The van der Waals surface area contributed by atoms with Crippen molar-refractivity contribution in [2.75, 3.05) is 0 Å². The third-order valence-electron chi connectivity index (χ3n) is 11.2. The fourth-order valence-corrected chi connectivity index (χ4v) is 8.60. The largest absolute Gasteiger partial charge is 0.325 e. The number of aromatic nitrogens is 1. The average molecular weight is 720 g/mol. The van der Waals surface area contributed by atoms with Crippen LogP contribution in [0.25, 0.3) is 44.1 Å². The minimum Gasteiger partial charge on any atom is -0.325 e. The Hall–Kier alpha value is -6.97. The quantitative estimate of drug-likeness (QED) is 0.163. The highest BCUT2D eigenvalue weighted by atomic mass is 15.2. The zero-order valence-corrected chi connectivity index (χ0v) is 31.1. The molecule has 0 bridgehead atoms. The van der Waals surface area contributed by atoms with Crippen LogP contribution in [-0.2, 0) is 0 Å². The fraction of sp³-hybridized carbons (Fsp3) is 0.0755. The molecular weight excluding hydrogens is 679 g/mol.